The summed E-state index contributed by atoms with van der Waals surface area (Å²) >= 11 is 0. The Labute approximate surface area is 114 Å². The number of rotatable bonds is 7. The zero-order valence-corrected chi connectivity index (χ0v) is 10.9. The van der Waals surface area contributed by atoms with E-state index in [1.165, 1.54) is 12.1 Å². The van der Waals surface area contributed by atoms with Crippen LogP contribution in [0, 0.1) is 10.1 Å². The number of hydrogen-bond acceptors (Lipinski definition) is 5. The lowest BCUT2D eigenvalue weighted by atomic mass is 10.1. The molecule has 8 nitrogen and oxygen atoms in total. The van der Waals surface area contributed by atoms with Crippen molar-refractivity contribution in [1.82, 2.24) is 0 Å². The number of hydrogen-bond donors (Lipinski definition) is 2. The first kappa shape index (κ1) is 15.4. The van der Waals surface area contributed by atoms with Crippen LogP contribution in [0.15, 0.2) is 18.2 Å². The Bertz CT molecular complexity index is 544. The van der Waals surface area contributed by atoms with Crippen LogP contribution < -0.4 is 10.6 Å². The first-order valence-corrected chi connectivity index (χ1v) is 5.84. The highest BCUT2D eigenvalue weighted by molar-refractivity contribution is 5.94. The molecular weight excluding hydrogens is 266 g/mol. The van der Waals surface area contributed by atoms with Crippen molar-refractivity contribution in [2.24, 2.45) is 5.73 Å². The number of primary amides is 1. The van der Waals surface area contributed by atoms with Crippen LogP contribution in [0.3, 0.4) is 0 Å². The highest BCUT2D eigenvalue weighted by Gasteiger charge is 2.19. The highest BCUT2D eigenvalue weighted by Crippen LogP contribution is 2.28. The van der Waals surface area contributed by atoms with E-state index >= 15 is 0 Å². The fraction of sp³-hybridized carbons (Fsp3) is 0.333. The smallest absolute Gasteiger partial charge is 0.303 e. The van der Waals surface area contributed by atoms with Crippen molar-refractivity contribution >= 4 is 23.3 Å². The van der Waals surface area contributed by atoms with E-state index in [4.69, 9.17) is 10.8 Å². The lowest BCUT2D eigenvalue weighted by Crippen LogP contribution is -2.21. The Hall–Kier alpha value is -2.64. The third-order valence-electron chi connectivity index (χ3n) is 2.75. The van der Waals surface area contributed by atoms with Crippen molar-refractivity contribution in [2.75, 3.05) is 18.5 Å². The van der Waals surface area contributed by atoms with Crippen LogP contribution in [0.25, 0.3) is 0 Å². The Kier molecular flexibility index (Phi) is 5.01. The molecule has 0 radical (unpaired) electrons. The van der Waals surface area contributed by atoms with Gasteiger partial charge in [0.15, 0.2) is 0 Å². The average molecular weight is 281 g/mol. The van der Waals surface area contributed by atoms with Gasteiger partial charge in [0, 0.05) is 31.6 Å². The van der Waals surface area contributed by atoms with Crippen LogP contribution in [0.5, 0.6) is 0 Å². The topological polar surface area (TPSA) is 127 Å². The van der Waals surface area contributed by atoms with Crippen LogP contribution in [-0.2, 0) is 4.79 Å². The van der Waals surface area contributed by atoms with Crippen LogP contribution in [0.1, 0.15) is 23.2 Å². The average Bonchev–Trinajstić information content (AvgIpc) is 2.37. The highest BCUT2D eigenvalue weighted by atomic mass is 16.6. The number of nitro benzene ring substituents is 1. The van der Waals surface area contributed by atoms with Crippen LogP contribution >= 0.6 is 0 Å². The van der Waals surface area contributed by atoms with E-state index in [-0.39, 0.29) is 17.7 Å². The van der Waals surface area contributed by atoms with Crippen LogP contribution in [0.4, 0.5) is 11.4 Å². The first-order chi connectivity index (χ1) is 9.32. The molecule has 3 N–H and O–H groups in total. The maximum absolute atomic E-state index is 11.0. The number of amides is 1. The summed E-state index contributed by atoms with van der Waals surface area (Å²) in [5.41, 5.74) is 5.21. The molecule has 1 rings (SSSR count). The van der Waals surface area contributed by atoms with Gasteiger partial charge in [0.25, 0.3) is 5.69 Å². The number of carbonyl (C=O) groups excluding carboxylic acids is 1. The second-order valence-electron chi connectivity index (χ2n) is 4.24. The molecule has 0 saturated heterocycles. The van der Waals surface area contributed by atoms with E-state index < -0.39 is 16.8 Å². The van der Waals surface area contributed by atoms with E-state index in [1.54, 1.807) is 11.9 Å². The Morgan fingerprint density at radius 2 is 2.10 bits per heavy atom. The number of carbonyl (C=O) groups is 2. The molecule has 1 aromatic carbocycles. The predicted octanol–water partition coefficient (Wildman–Crippen LogP) is 0.995. The molecule has 1 aromatic rings. The number of nitrogens with two attached hydrogens (primary N) is 1. The number of nitro groups is 1. The van der Waals surface area contributed by atoms with Gasteiger partial charge in [0.05, 0.1) is 4.92 Å². The quantitative estimate of drug-likeness (QED) is 0.567. The summed E-state index contributed by atoms with van der Waals surface area (Å²) in [7, 11) is 1.62. The number of benzene rings is 1. The summed E-state index contributed by atoms with van der Waals surface area (Å²) in [5.74, 6) is -1.66. The Morgan fingerprint density at radius 1 is 1.45 bits per heavy atom. The summed E-state index contributed by atoms with van der Waals surface area (Å²) in [6, 6.07) is 3.95. The maximum atomic E-state index is 11.0. The SMILES string of the molecule is CN(CCCC(=O)O)c1ccc(C(N)=O)cc1[N+](=O)[O-]. The van der Waals surface area contributed by atoms with E-state index in [0.717, 1.165) is 6.07 Å². The molecule has 0 aliphatic carbocycles. The molecule has 0 spiro atoms. The summed E-state index contributed by atoms with van der Waals surface area (Å²) in [4.78, 5) is 33.4. The van der Waals surface area contributed by atoms with E-state index in [2.05, 4.69) is 0 Å². The van der Waals surface area contributed by atoms with Crippen molar-refractivity contribution in [3.63, 3.8) is 0 Å². The Morgan fingerprint density at radius 3 is 2.60 bits per heavy atom. The third-order valence-corrected chi connectivity index (χ3v) is 2.75. The van der Waals surface area contributed by atoms with Gasteiger partial charge in [-0.3, -0.25) is 19.7 Å². The molecule has 0 aliphatic rings. The summed E-state index contributed by atoms with van der Waals surface area (Å²) in [6.07, 6.45) is 0.345. The van der Waals surface area contributed by atoms with Gasteiger partial charge in [-0.15, -0.1) is 0 Å². The fourth-order valence-corrected chi connectivity index (χ4v) is 1.73. The van der Waals surface area contributed by atoms with Crippen molar-refractivity contribution in [3.05, 3.63) is 33.9 Å². The standard InChI is InChI=1S/C12H15N3O5/c1-14(6-2-3-11(16)17)9-5-4-8(12(13)18)7-10(9)15(19)20/h4-5,7H,2-3,6H2,1H3,(H2,13,18)(H,16,17). The summed E-state index contributed by atoms with van der Waals surface area (Å²) in [5, 5.41) is 19.6. The van der Waals surface area contributed by atoms with Crippen molar-refractivity contribution < 1.29 is 19.6 Å². The monoisotopic (exact) mass is 281 g/mol. The molecule has 0 saturated carbocycles. The molecule has 0 heterocycles. The van der Waals surface area contributed by atoms with Gasteiger partial charge < -0.3 is 15.7 Å². The number of aliphatic carboxylic acids is 1. The largest absolute Gasteiger partial charge is 0.481 e. The first-order valence-electron chi connectivity index (χ1n) is 5.84. The molecular formula is C12H15N3O5. The number of nitrogens with zero attached hydrogens (tertiary/aromatic N) is 2. The summed E-state index contributed by atoms with van der Waals surface area (Å²) in [6.45, 7) is 0.350. The molecule has 0 fully saturated rings. The predicted molar refractivity (Wildman–Crippen MR) is 71.8 cm³/mol. The zero-order chi connectivity index (χ0) is 15.3. The second kappa shape index (κ2) is 6.50. The van der Waals surface area contributed by atoms with Crippen molar-refractivity contribution in [1.29, 1.82) is 0 Å². The number of carboxylic acids is 1. The van der Waals surface area contributed by atoms with Crippen molar-refractivity contribution in [2.45, 2.75) is 12.8 Å². The normalized spacial score (nSPS) is 10.1. The maximum Gasteiger partial charge on any atom is 0.303 e. The number of anilines is 1. The van der Waals surface area contributed by atoms with E-state index in [0.29, 0.717) is 18.7 Å². The fourth-order valence-electron chi connectivity index (χ4n) is 1.73. The van der Waals surface area contributed by atoms with Gasteiger partial charge in [0.2, 0.25) is 5.91 Å². The van der Waals surface area contributed by atoms with Gasteiger partial charge in [-0.25, -0.2) is 0 Å². The minimum Gasteiger partial charge on any atom is -0.481 e. The van der Waals surface area contributed by atoms with E-state index in [9.17, 15) is 19.7 Å². The van der Waals surface area contributed by atoms with Gasteiger partial charge in [-0.2, -0.15) is 0 Å². The molecule has 108 valence electrons. The lowest BCUT2D eigenvalue weighted by Gasteiger charge is -2.18. The molecule has 0 unspecified atom stereocenters. The second-order valence-corrected chi connectivity index (χ2v) is 4.24. The molecule has 0 aromatic heterocycles. The van der Waals surface area contributed by atoms with E-state index in [1.807, 2.05) is 0 Å². The van der Waals surface area contributed by atoms with Gasteiger partial charge in [-0.1, -0.05) is 0 Å². The molecule has 20 heavy (non-hydrogen) atoms. The van der Waals surface area contributed by atoms with Crippen molar-refractivity contribution in [3.8, 4) is 0 Å². The van der Waals surface area contributed by atoms with Crippen LogP contribution in [-0.4, -0.2) is 35.5 Å². The molecule has 8 heteroatoms. The van der Waals surface area contributed by atoms with Gasteiger partial charge in [0.1, 0.15) is 5.69 Å². The Balaban J connectivity index is 2.95. The minimum atomic E-state index is -0.919. The number of carboxylic acid groups (broad SMARTS) is 1. The minimum absolute atomic E-state index is 0.0164. The molecule has 0 bridgehead atoms. The summed E-state index contributed by atoms with van der Waals surface area (Å²) < 4.78 is 0. The lowest BCUT2D eigenvalue weighted by molar-refractivity contribution is -0.384. The molecule has 1 amide bonds. The molecule has 0 atom stereocenters. The third kappa shape index (κ3) is 3.94. The molecule has 0 aliphatic heterocycles. The zero-order valence-electron chi connectivity index (χ0n) is 10.9. The van der Waals surface area contributed by atoms with Crippen LogP contribution in [0.2, 0.25) is 0 Å². The van der Waals surface area contributed by atoms with Gasteiger partial charge >= 0.3 is 5.97 Å². The van der Waals surface area contributed by atoms with Gasteiger partial charge in [-0.05, 0) is 18.6 Å².